The van der Waals surface area contributed by atoms with Crippen LogP contribution in [0.15, 0.2) is 58.5 Å². The summed E-state index contributed by atoms with van der Waals surface area (Å²) in [5, 5.41) is 20.1. The molecule has 0 spiro atoms. The van der Waals surface area contributed by atoms with Gasteiger partial charge in [0, 0.05) is 6.42 Å². The molecule has 0 unspecified atom stereocenters. The van der Waals surface area contributed by atoms with Crippen molar-refractivity contribution in [2.24, 2.45) is 0 Å². The number of rotatable bonds is 6. The third-order valence-corrected chi connectivity index (χ3v) is 5.46. The van der Waals surface area contributed by atoms with Crippen molar-refractivity contribution in [1.82, 2.24) is 15.2 Å². The van der Waals surface area contributed by atoms with Gasteiger partial charge in [-0.3, -0.25) is 14.6 Å². The Balaban J connectivity index is 1.60. The molecule has 3 aromatic rings. The van der Waals surface area contributed by atoms with Crippen LogP contribution in [0.2, 0.25) is 0 Å². The lowest BCUT2D eigenvalue weighted by Gasteiger charge is -2.19. The average molecular weight is 434 g/mol. The van der Waals surface area contributed by atoms with E-state index in [9.17, 15) is 9.59 Å². The number of H-pyrrole nitrogens is 1. The van der Waals surface area contributed by atoms with Crippen molar-refractivity contribution in [2.45, 2.75) is 37.8 Å². The number of anilines is 1. The molecule has 1 heterocycles. The van der Waals surface area contributed by atoms with Gasteiger partial charge in [0.2, 0.25) is 5.91 Å². The highest BCUT2D eigenvalue weighted by atomic mass is 32.2. The summed E-state index contributed by atoms with van der Waals surface area (Å²) in [6, 6.07) is 16.9. The van der Waals surface area contributed by atoms with Crippen LogP contribution in [-0.2, 0) is 16.6 Å². The molecule has 0 radical (unpaired) electrons. The number of amides is 1. The molecule has 8 heteroatoms. The second kappa shape index (κ2) is 9.58. The highest BCUT2D eigenvalue weighted by Crippen LogP contribution is 2.22. The van der Waals surface area contributed by atoms with E-state index in [0.717, 1.165) is 17.3 Å². The number of hydrogen-bond acceptors (Lipinski definition) is 6. The van der Waals surface area contributed by atoms with Crippen molar-refractivity contribution in [3.05, 3.63) is 81.3 Å². The molecule has 1 aromatic heterocycles. The molecule has 0 saturated carbocycles. The molecule has 2 aromatic carbocycles. The van der Waals surface area contributed by atoms with Gasteiger partial charge in [0.1, 0.15) is 11.8 Å². The van der Waals surface area contributed by atoms with Crippen LogP contribution in [0.5, 0.6) is 0 Å². The van der Waals surface area contributed by atoms with E-state index < -0.39 is 0 Å². The minimum atomic E-state index is -0.326. The first-order chi connectivity index (χ1) is 14.8. The number of benzene rings is 2. The van der Waals surface area contributed by atoms with E-state index in [-0.39, 0.29) is 27.8 Å². The fraction of sp³-hybridized carbons (Fsp3) is 0.261. The van der Waals surface area contributed by atoms with Gasteiger partial charge < -0.3 is 5.32 Å². The van der Waals surface area contributed by atoms with Crippen molar-refractivity contribution >= 4 is 23.4 Å². The van der Waals surface area contributed by atoms with Gasteiger partial charge in [0.15, 0.2) is 5.16 Å². The number of aromatic amines is 1. The maximum absolute atomic E-state index is 12.4. The van der Waals surface area contributed by atoms with Crippen LogP contribution in [0.25, 0.3) is 0 Å². The number of carbonyl (C=O) groups is 1. The van der Waals surface area contributed by atoms with Crippen LogP contribution in [0.4, 0.5) is 5.69 Å². The number of thioether (sulfide) groups is 1. The molecule has 7 nitrogen and oxygen atoms in total. The molecule has 0 aliphatic rings. The zero-order valence-corrected chi connectivity index (χ0v) is 18.4. The molecular weight excluding hydrogens is 410 g/mol. The zero-order chi connectivity index (χ0) is 22.4. The average Bonchev–Trinajstić information content (AvgIpc) is 2.74. The topological polar surface area (TPSA) is 112 Å². The first-order valence-electron chi connectivity index (χ1n) is 9.73. The SMILES string of the molecule is CC(C)(C)c1ccc(Cc2nnc(SCC(=O)Nc3ccccc3C#N)[nH]c2=O)cc1. The smallest absolute Gasteiger partial charge is 0.273 e. The molecule has 3 rings (SSSR count). The number of aromatic nitrogens is 3. The first kappa shape index (κ1) is 22.2. The van der Waals surface area contributed by atoms with Gasteiger partial charge in [0.05, 0.1) is 17.0 Å². The lowest BCUT2D eigenvalue weighted by atomic mass is 9.86. The Labute approximate surface area is 184 Å². The molecule has 1 amide bonds. The number of hydrogen-bond donors (Lipinski definition) is 2. The molecule has 31 heavy (non-hydrogen) atoms. The molecule has 158 valence electrons. The minimum absolute atomic E-state index is 0.0258. The molecule has 0 atom stereocenters. The Hall–Kier alpha value is -3.44. The lowest BCUT2D eigenvalue weighted by Crippen LogP contribution is -2.19. The van der Waals surface area contributed by atoms with Crippen LogP contribution in [0.3, 0.4) is 0 Å². The Morgan fingerprint density at radius 1 is 1.13 bits per heavy atom. The van der Waals surface area contributed by atoms with Gasteiger partial charge in [-0.05, 0) is 28.7 Å². The molecule has 0 bridgehead atoms. The van der Waals surface area contributed by atoms with Crippen LogP contribution < -0.4 is 10.9 Å². The van der Waals surface area contributed by atoms with Gasteiger partial charge in [-0.15, -0.1) is 10.2 Å². The first-order valence-corrected chi connectivity index (χ1v) is 10.7. The van der Waals surface area contributed by atoms with Crippen LogP contribution in [0, 0.1) is 11.3 Å². The highest BCUT2D eigenvalue weighted by molar-refractivity contribution is 7.99. The van der Waals surface area contributed by atoms with E-state index in [2.05, 4.69) is 53.4 Å². The highest BCUT2D eigenvalue weighted by Gasteiger charge is 2.14. The van der Waals surface area contributed by atoms with E-state index >= 15 is 0 Å². The van der Waals surface area contributed by atoms with Gasteiger partial charge in [0.25, 0.3) is 5.56 Å². The van der Waals surface area contributed by atoms with Gasteiger partial charge in [-0.25, -0.2) is 0 Å². The molecule has 0 fully saturated rings. The minimum Gasteiger partial charge on any atom is -0.324 e. The van der Waals surface area contributed by atoms with E-state index in [1.807, 2.05) is 18.2 Å². The summed E-state index contributed by atoms with van der Waals surface area (Å²) in [4.78, 5) is 27.2. The summed E-state index contributed by atoms with van der Waals surface area (Å²) < 4.78 is 0. The second-order valence-corrected chi connectivity index (χ2v) is 8.99. The van der Waals surface area contributed by atoms with Crippen molar-refractivity contribution < 1.29 is 4.79 Å². The second-order valence-electron chi connectivity index (χ2n) is 8.02. The van der Waals surface area contributed by atoms with Crippen molar-refractivity contribution in [1.29, 1.82) is 5.26 Å². The van der Waals surface area contributed by atoms with E-state index in [1.165, 1.54) is 5.56 Å². The number of carbonyl (C=O) groups excluding carboxylic acids is 1. The summed E-state index contributed by atoms with van der Waals surface area (Å²) in [6.07, 6.45) is 0.378. The normalized spacial score (nSPS) is 11.0. The maximum atomic E-state index is 12.4. The quantitative estimate of drug-likeness (QED) is 0.574. The van der Waals surface area contributed by atoms with E-state index in [4.69, 9.17) is 5.26 Å². The zero-order valence-electron chi connectivity index (χ0n) is 17.6. The third-order valence-electron chi connectivity index (χ3n) is 4.60. The maximum Gasteiger partial charge on any atom is 0.273 e. The molecule has 0 aliphatic carbocycles. The number of nitriles is 1. The fourth-order valence-electron chi connectivity index (χ4n) is 2.85. The summed E-state index contributed by atoms with van der Waals surface area (Å²) in [6.45, 7) is 6.45. The lowest BCUT2D eigenvalue weighted by molar-refractivity contribution is -0.113. The summed E-state index contributed by atoms with van der Waals surface area (Å²) in [5.74, 6) is -0.281. The van der Waals surface area contributed by atoms with E-state index in [1.54, 1.807) is 24.3 Å². The molecule has 2 N–H and O–H groups in total. The van der Waals surface area contributed by atoms with Crippen LogP contribution in [0.1, 0.15) is 43.2 Å². The number of nitrogens with zero attached hydrogens (tertiary/aromatic N) is 3. The van der Waals surface area contributed by atoms with Crippen molar-refractivity contribution in [2.75, 3.05) is 11.1 Å². The summed E-state index contributed by atoms with van der Waals surface area (Å²) in [5.41, 5.74) is 3.09. The van der Waals surface area contributed by atoms with Crippen LogP contribution >= 0.6 is 11.8 Å². The van der Waals surface area contributed by atoms with Crippen LogP contribution in [-0.4, -0.2) is 26.8 Å². The van der Waals surface area contributed by atoms with Gasteiger partial charge >= 0.3 is 0 Å². The molecular formula is C23H23N5O2S. The summed E-state index contributed by atoms with van der Waals surface area (Å²) in [7, 11) is 0. The Kier molecular flexibility index (Phi) is 6.88. The standard InChI is InChI=1S/C23H23N5O2S/c1-23(2,3)17-10-8-15(9-11-17)12-19-21(30)26-22(28-27-19)31-14-20(29)25-18-7-5-4-6-16(18)13-24/h4-11H,12,14H2,1-3H3,(H,25,29)(H,26,28,30). The molecule has 0 saturated heterocycles. The Bertz CT molecular complexity index is 1170. The van der Waals surface area contributed by atoms with Gasteiger partial charge in [-0.2, -0.15) is 5.26 Å². The predicted octanol–water partition coefficient (Wildman–Crippen LogP) is 3.66. The number of nitrogens with one attached hydrogen (secondary N) is 2. The molecule has 0 aliphatic heterocycles. The Morgan fingerprint density at radius 2 is 1.84 bits per heavy atom. The Morgan fingerprint density at radius 3 is 2.48 bits per heavy atom. The van der Waals surface area contributed by atoms with Gasteiger partial charge in [-0.1, -0.05) is 68.9 Å². The van der Waals surface area contributed by atoms with Crippen molar-refractivity contribution in [3.63, 3.8) is 0 Å². The monoisotopic (exact) mass is 433 g/mol. The van der Waals surface area contributed by atoms with Crippen molar-refractivity contribution in [3.8, 4) is 6.07 Å². The fourth-order valence-corrected chi connectivity index (χ4v) is 3.46. The largest absolute Gasteiger partial charge is 0.324 e. The predicted molar refractivity (Wildman–Crippen MR) is 121 cm³/mol. The third kappa shape index (κ3) is 6.03. The summed E-state index contributed by atoms with van der Waals surface area (Å²) >= 11 is 1.07. The van der Waals surface area contributed by atoms with E-state index in [0.29, 0.717) is 23.4 Å². The number of para-hydroxylation sites is 1.